The molecule has 0 aliphatic carbocycles. The SMILES string of the molecule is COc1ccc(CC(=O)Oc2ccc(C=C3SC(=O)NC3=O)cc2Br)cc1. The van der Waals surface area contributed by atoms with Crippen molar-refractivity contribution in [1.82, 2.24) is 5.32 Å². The summed E-state index contributed by atoms with van der Waals surface area (Å²) >= 11 is 4.20. The lowest BCUT2D eigenvalue weighted by molar-refractivity contribution is -0.133. The minimum absolute atomic E-state index is 0.126. The van der Waals surface area contributed by atoms with Crippen molar-refractivity contribution in [1.29, 1.82) is 0 Å². The fourth-order valence-corrected chi connectivity index (χ4v) is 3.49. The first-order chi connectivity index (χ1) is 12.9. The maximum Gasteiger partial charge on any atom is 0.315 e. The van der Waals surface area contributed by atoms with E-state index < -0.39 is 17.1 Å². The maximum atomic E-state index is 12.2. The first-order valence-electron chi connectivity index (χ1n) is 7.82. The predicted octanol–water partition coefficient (Wildman–Crippen LogP) is 3.93. The highest BCUT2D eigenvalue weighted by Crippen LogP contribution is 2.30. The molecule has 6 nitrogen and oxygen atoms in total. The molecule has 1 fully saturated rings. The average molecular weight is 448 g/mol. The molecule has 1 aliphatic heterocycles. The van der Waals surface area contributed by atoms with Gasteiger partial charge in [-0.2, -0.15) is 0 Å². The number of nitrogens with one attached hydrogen (secondary N) is 1. The van der Waals surface area contributed by atoms with E-state index >= 15 is 0 Å². The van der Waals surface area contributed by atoms with Crippen LogP contribution in [0.1, 0.15) is 11.1 Å². The molecular formula is C19H14BrNO5S. The van der Waals surface area contributed by atoms with Crippen LogP contribution in [-0.4, -0.2) is 24.2 Å². The molecule has 1 saturated heterocycles. The van der Waals surface area contributed by atoms with Crippen LogP contribution in [0.4, 0.5) is 4.79 Å². The van der Waals surface area contributed by atoms with Crippen LogP contribution in [-0.2, 0) is 16.0 Å². The summed E-state index contributed by atoms with van der Waals surface area (Å²) in [5, 5.41) is 1.80. The van der Waals surface area contributed by atoms with Gasteiger partial charge in [0, 0.05) is 0 Å². The van der Waals surface area contributed by atoms with Gasteiger partial charge in [0.2, 0.25) is 0 Å². The molecule has 138 valence electrons. The number of esters is 1. The van der Waals surface area contributed by atoms with Gasteiger partial charge in [-0.3, -0.25) is 19.7 Å². The summed E-state index contributed by atoms with van der Waals surface area (Å²) in [5.74, 6) is 0.269. The zero-order valence-corrected chi connectivity index (χ0v) is 16.6. The summed E-state index contributed by atoms with van der Waals surface area (Å²) in [5.41, 5.74) is 1.51. The molecule has 0 atom stereocenters. The van der Waals surface area contributed by atoms with Crippen molar-refractivity contribution in [2.24, 2.45) is 0 Å². The number of carbonyl (C=O) groups is 3. The molecule has 8 heteroatoms. The van der Waals surface area contributed by atoms with Crippen LogP contribution in [0.25, 0.3) is 6.08 Å². The molecule has 2 aromatic carbocycles. The van der Waals surface area contributed by atoms with Crippen molar-refractivity contribution in [3.63, 3.8) is 0 Å². The maximum absolute atomic E-state index is 12.2. The smallest absolute Gasteiger partial charge is 0.315 e. The first-order valence-corrected chi connectivity index (χ1v) is 9.43. The van der Waals surface area contributed by atoms with Crippen LogP contribution in [0.5, 0.6) is 11.5 Å². The van der Waals surface area contributed by atoms with E-state index in [4.69, 9.17) is 9.47 Å². The molecule has 27 heavy (non-hydrogen) atoms. The Morgan fingerprint density at radius 3 is 2.52 bits per heavy atom. The molecule has 0 aromatic heterocycles. The van der Waals surface area contributed by atoms with E-state index in [1.807, 2.05) is 0 Å². The van der Waals surface area contributed by atoms with E-state index in [0.717, 1.165) is 23.1 Å². The lowest BCUT2D eigenvalue weighted by Crippen LogP contribution is -2.17. The van der Waals surface area contributed by atoms with Crippen molar-refractivity contribution in [3.05, 3.63) is 63.0 Å². The lowest BCUT2D eigenvalue weighted by Gasteiger charge is -2.08. The summed E-state index contributed by atoms with van der Waals surface area (Å²) in [6.45, 7) is 0. The van der Waals surface area contributed by atoms with E-state index in [9.17, 15) is 14.4 Å². The van der Waals surface area contributed by atoms with Crippen molar-refractivity contribution in [3.8, 4) is 11.5 Å². The number of hydrogen-bond donors (Lipinski definition) is 1. The van der Waals surface area contributed by atoms with E-state index in [1.165, 1.54) is 0 Å². The molecule has 2 aromatic rings. The highest BCUT2D eigenvalue weighted by atomic mass is 79.9. The van der Waals surface area contributed by atoms with Gasteiger partial charge in [-0.1, -0.05) is 18.2 Å². The van der Waals surface area contributed by atoms with E-state index in [-0.39, 0.29) is 6.42 Å². The molecule has 1 N–H and O–H groups in total. The highest BCUT2D eigenvalue weighted by molar-refractivity contribution is 9.10. The quantitative estimate of drug-likeness (QED) is 0.424. The van der Waals surface area contributed by atoms with Crippen LogP contribution < -0.4 is 14.8 Å². The molecule has 1 aliphatic rings. The van der Waals surface area contributed by atoms with Gasteiger partial charge in [-0.05, 0) is 69.2 Å². The number of hydrogen-bond acceptors (Lipinski definition) is 6. The zero-order chi connectivity index (χ0) is 19.4. The summed E-state index contributed by atoms with van der Waals surface area (Å²) in [7, 11) is 1.58. The summed E-state index contributed by atoms with van der Waals surface area (Å²) in [6.07, 6.45) is 1.72. The molecule has 0 spiro atoms. The third-order valence-corrected chi connectivity index (χ3v) is 5.06. The predicted molar refractivity (Wildman–Crippen MR) is 106 cm³/mol. The zero-order valence-electron chi connectivity index (χ0n) is 14.2. The molecular weight excluding hydrogens is 434 g/mol. The Hall–Kier alpha value is -2.58. The Kier molecular flexibility index (Phi) is 5.98. The summed E-state index contributed by atoms with van der Waals surface area (Å²) < 4.78 is 11.0. The summed E-state index contributed by atoms with van der Waals surface area (Å²) in [4.78, 5) is 35.3. The molecule has 2 amide bonds. The minimum Gasteiger partial charge on any atom is -0.497 e. The van der Waals surface area contributed by atoms with Gasteiger partial charge in [-0.25, -0.2) is 0 Å². The van der Waals surface area contributed by atoms with Gasteiger partial charge in [0.25, 0.3) is 11.1 Å². The Balaban J connectivity index is 1.66. The van der Waals surface area contributed by atoms with E-state index in [2.05, 4.69) is 21.2 Å². The number of thioether (sulfide) groups is 1. The number of ether oxygens (including phenoxy) is 2. The number of benzene rings is 2. The van der Waals surface area contributed by atoms with E-state index in [1.54, 1.807) is 55.7 Å². The summed E-state index contributed by atoms with van der Waals surface area (Å²) in [6, 6.07) is 12.2. The number of imide groups is 1. The largest absolute Gasteiger partial charge is 0.497 e. The fourth-order valence-electron chi connectivity index (χ4n) is 2.33. The average Bonchev–Trinajstić information content (AvgIpc) is 2.95. The topological polar surface area (TPSA) is 81.7 Å². The van der Waals surface area contributed by atoms with E-state index in [0.29, 0.717) is 20.7 Å². The van der Waals surface area contributed by atoms with Crippen molar-refractivity contribution in [2.75, 3.05) is 7.11 Å². The molecule has 0 saturated carbocycles. The second-order valence-corrected chi connectivity index (χ2v) is 7.41. The lowest BCUT2D eigenvalue weighted by atomic mass is 10.1. The molecule has 0 bridgehead atoms. The van der Waals surface area contributed by atoms with Gasteiger partial charge in [0.1, 0.15) is 11.5 Å². The molecule has 0 radical (unpaired) electrons. The van der Waals surface area contributed by atoms with Crippen molar-refractivity contribution < 1.29 is 23.9 Å². The number of methoxy groups -OCH3 is 1. The van der Waals surface area contributed by atoms with Crippen LogP contribution in [0, 0.1) is 0 Å². The Morgan fingerprint density at radius 2 is 1.93 bits per heavy atom. The second kappa shape index (κ2) is 8.41. The van der Waals surface area contributed by atoms with Gasteiger partial charge >= 0.3 is 5.97 Å². The fraction of sp³-hybridized carbons (Fsp3) is 0.105. The Bertz CT molecular complexity index is 940. The molecule has 3 rings (SSSR count). The third kappa shape index (κ3) is 4.99. The number of amides is 2. The van der Waals surface area contributed by atoms with Gasteiger partial charge in [-0.15, -0.1) is 0 Å². The molecule has 0 unspecified atom stereocenters. The number of halogens is 1. The number of rotatable bonds is 5. The van der Waals surface area contributed by atoms with Crippen LogP contribution >= 0.6 is 27.7 Å². The standard InChI is InChI=1S/C19H14BrNO5S/c1-25-13-5-2-11(3-6-13)10-17(22)26-15-7-4-12(8-14(15)20)9-16-18(23)21-19(24)27-16/h2-9H,10H2,1H3,(H,21,23,24). The van der Waals surface area contributed by atoms with Crippen molar-refractivity contribution in [2.45, 2.75) is 6.42 Å². The van der Waals surface area contributed by atoms with Gasteiger partial charge in [0.05, 0.1) is 22.9 Å². The number of carbonyl (C=O) groups excluding carboxylic acids is 3. The monoisotopic (exact) mass is 447 g/mol. The highest BCUT2D eigenvalue weighted by Gasteiger charge is 2.25. The van der Waals surface area contributed by atoms with Crippen LogP contribution in [0.3, 0.4) is 0 Å². The minimum atomic E-state index is -0.420. The van der Waals surface area contributed by atoms with Crippen LogP contribution in [0.2, 0.25) is 0 Å². The van der Waals surface area contributed by atoms with Gasteiger partial charge < -0.3 is 9.47 Å². The normalized spacial score (nSPS) is 15.0. The van der Waals surface area contributed by atoms with Gasteiger partial charge in [0.15, 0.2) is 0 Å². The Labute approximate surface area is 168 Å². The first kappa shape index (κ1) is 19.2. The van der Waals surface area contributed by atoms with Crippen LogP contribution in [0.15, 0.2) is 51.8 Å². The molecule has 1 heterocycles. The Morgan fingerprint density at radius 1 is 1.19 bits per heavy atom. The third-order valence-electron chi connectivity index (χ3n) is 3.63. The second-order valence-electron chi connectivity index (χ2n) is 5.54. The van der Waals surface area contributed by atoms with Crippen molar-refractivity contribution >= 4 is 50.9 Å².